The first-order valence-corrected chi connectivity index (χ1v) is 7.33. The molecule has 0 aliphatic rings. The Kier molecular flexibility index (Phi) is 4.11. The molecule has 114 valence electrons. The highest BCUT2D eigenvalue weighted by Gasteiger charge is 2.06. The molecule has 0 aliphatic carbocycles. The minimum Gasteiger partial charge on any atom is -0.492 e. The third-order valence-electron chi connectivity index (χ3n) is 3.09. The van der Waals surface area contributed by atoms with Crippen molar-refractivity contribution in [3.8, 4) is 5.75 Å². The summed E-state index contributed by atoms with van der Waals surface area (Å²) in [5.41, 5.74) is 1.93. The van der Waals surface area contributed by atoms with E-state index in [4.69, 9.17) is 16.3 Å². The summed E-state index contributed by atoms with van der Waals surface area (Å²) >= 11 is 5.82. The van der Waals surface area contributed by atoms with Crippen molar-refractivity contribution in [2.24, 2.45) is 0 Å². The first-order chi connectivity index (χ1) is 10.6. The second-order valence-corrected chi connectivity index (χ2v) is 5.35. The molecule has 0 saturated heterocycles. The average molecular weight is 318 g/mol. The normalized spacial score (nSPS) is 10.9. The van der Waals surface area contributed by atoms with E-state index < -0.39 is 0 Å². The summed E-state index contributed by atoms with van der Waals surface area (Å²) in [5.74, 6) is 1.92. The number of aromatic nitrogens is 4. The van der Waals surface area contributed by atoms with E-state index in [2.05, 4.69) is 20.4 Å². The van der Waals surface area contributed by atoms with Crippen LogP contribution in [-0.2, 0) is 0 Å². The van der Waals surface area contributed by atoms with Crippen molar-refractivity contribution in [1.82, 2.24) is 19.6 Å². The first kappa shape index (κ1) is 14.6. The molecule has 0 bridgehead atoms. The molecule has 0 fully saturated rings. The molecule has 0 spiro atoms. The van der Waals surface area contributed by atoms with Crippen LogP contribution >= 0.6 is 11.6 Å². The number of ether oxygens (including phenoxy) is 1. The van der Waals surface area contributed by atoms with Crippen molar-refractivity contribution in [3.63, 3.8) is 0 Å². The Labute approximate surface area is 133 Å². The van der Waals surface area contributed by atoms with E-state index in [0.717, 1.165) is 17.1 Å². The van der Waals surface area contributed by atoms with Crippen LogP contribution in [0.3, 0.4) is 0 Å². The van der Waals surface area contributed by atoms with Gasteiger partial charge in [-0.1, -0.05) is 11.6 Å². The second kappa shape index (κ2) is 6.19. The number of anilines is 1. The van der Waals surface area contributed by atoms with Crippen molar-refractivity contribution in [3.05, 3.63) is 46.7 Å². The summed E-state index contributed by atoms with van der Waals surface area (Å²) in [5, 5.41) is 8.19. The van der Waals surface area contributed by atoms with Crippen LogP contribution in [0.25, 0.3) is 5.78 Å². The van der Waals surface area contributed by atoms with Gasteiger partial charge in [-0.3, -0.25) is 0 Å². The molecule has 0 atom stereocenters. The lowest BCUT2D eigenvalue weighted by Gasteiger charge is -2.06. The van der Waals surface area contributed by atoms with Crippen LogP contribution in [-0.4, -0.2) is 32.7 Å². The predicted octanol–water partition coefficient (Wildman–Crippen LogP) is 2.89. The van der Waals surface area contributed by atoms with E-state index in [1.807, 2.05) is 32.0 Å². The van der Waals surface area contributed by atoms with Gasteiger partial charge in [-0.2, -0.15) is 9.50 Å². The smallest absolute Gasteiger partial charge is 0.254 e. The molecule has 3 rings (SSSR count). The number of nitrogens with one attached hydrogen (secondary N) is 1. The standard InChI is InChI=1S/C15H16ClN5O/c1-10-9-11(2)21-15(18-10)19-14(20-21)17-7-8-22-13-5-3-12(16)4-6-13/h3-6,9H,7-8H2,1-2H3,(H,17,20). The molecule has 0 aliphatic heterocycles. The number of halogens is 1. The van der Waals surface area contributed by atoms with Crippen LogP contribution in [0.5, 0.6) is 5.75 Å². The van der Waals surface area contributed by atoms with Crippen molar-refractivity contribution >= 4 is 23.3 Å². The SMILES string of the molecule is Cc1cc(C)n2nc(NCCOc3ccc(Cl)cc3)nc2n1. The Morgan fingerprint density at radius 1 is 1.18 bits per heavy atom. The van der Waals surface area contributed by atoms with E-state index >= 15 is 0 Å². The van der Waals surface area contributed by atoms with Gasteiger partial charge in [0, 0.05) is 16.4 Å². The van der Waals surface area contributed by atoms with Gasteiger partial charge in [0.1, 0.15) is 12.4 Å². The van der Waals surface area contributed by atoms with Crippen LogP contribution in [0.4, 0.5) is 5.95 Å². The number of fused-ring (bicyclic) bond motifs is 1. The molecule has 7 heteroatoms. The Balaban J connectivity index is 1.57. The molecule has 6 nitrogen and oxygen atoms in total. The monoisotopic (exact) mass is 317 g/mol. The van der Waals surface area contributed by atoms with Crippen molar-refractivity contribution in [1.29, 1.82) is 0 Å². The highest BCUT2D eigenvalue weighted by molar-refractivity contribution is 6.30. The molecule has 3 aromatic rings. The maximum atomic E-state index is 5.82. The number of aryl methyl sites for hydroxylation is 2. The van der Waals surface area contributed by atoms with E-state index in [1.54, 1.807) is 16.6 Å². The van der Waals surface area contributed by atoms with Gasteiger partial charge in [-0.15, -0.1) is 5.10 Å². The van der Waals surface area contributed by atoms with Gasteiger partial charge in [-0.05, 0) is 44.2 Å². The largest absolute Gasteiger partial charge is 0.492 e. The second-order valence-electron chi connectivity index (χ2n) is 4.92. The van der Waals surface area contributed by atoms with Crippen molar-refractivity contribution in [2.45, 2.75) is 13.8 Å². The summed E-state index contributed by atoms with van der Waals surface area (Å²) in [4.78, 5) is 8.69. The van der Waals surface area contributed by atoms with E-state index in [0.29, 0.717) is 29.9 Å². The maximum Gasteiger partial charge on any atom is 0.254 e. The molecular weight excluding hydrogens is 302 g/mol. The van der Waals surface area contributed by atoms with Gasteiger partial charge in [0.05, 0.1) is 6.54 Å². The van der Waals surface area contributed by atoms with Gasteiger partial charge in [0.25, 0.3) is 5.78 Å². The number of hydrogen-bond acceptors (Lipinski definition) is 5. The summed E-state index contributed by atoms with van der Waals surface area (Å²) in [7, 11) is 0. The molecule has 2 heterocycles. The first-order valence-electron chi connectivity index (χ1n) is 6.95. The van der Waals surface area contributed by atoms with Crippen molar-refractivity contribution in [2.75, 3.05) is 18.5 Å². The number of rotatable bonds is 5. The zero-order chi connectivity index (χ0) is 15.5. The van der Waals surface area contributed by atoms with Gasteiger partial charge < -0.3 is 10.1 Å². The Morgan fingerprint density at radius 2 is 1.95 bits per heavy atom. The van der Waals surface area contributed by atoms with Gasteiger partial charge in [-0.25, -0.2) is 4.98 Å². The predicted molar refractivity (Wildman–Crippen MR) is 85.7 cm³/mol. The number of benzene rings is 1. The van der Waals surface area contributed by atoms with Gasteiger partial charge in [0.2, 0.25) is 5.95 Å². The lowest BCUT2D eigenvalue weighted by molar-refractivity contribution is 0.332. The lowest BCUT2D eigenvalue weighted by atomic mass is 10.3. The summed E-state index contributed by atoms with van der Waals surface area (Å²) < 4.78 is 7.32. The summed E-state index contributed by atoms with van der Waals surface area (Å²) in [6, 6.07) is 9.23. The molecule has 22 heavy (non-hydrogen) atoms. The Morgan fingerprint density at radius 3 is 2.73 bits per heavy atom. The van der Waals surface area contributed by atoms with Gasteiger partial charge in [0.15, 0.2) is 0 Å². The van der Waals surface area contributed by atoms with Gasteiger partial charge >= 0.3 is 0 Å². The Hall–Kier alpha value is -2.34. The van der Waals surface area contributed by atoms with Crippen LogP contribution in [0.15, 0.2) is 30.3 Å². The fourth-order valence-corrected chi connectivity index (χ4v) is 2.23. The summed E-state index contributed by atoms with van der Waals surface area (Å²) in [6.45, 7) is 5.01. The quantitative estimate of drug-likeness (QED) is 0.733. The minimum atomic E-state index is 0.503. The highest BCUT2D eigenvalue weighted by Crippen LogP contribution is 2.15. The van der Waals surface area contributed by atoms with Crippen LogP contribution < -0.4 is 10.1 Å². The average Bonchev–Trinajstić information content (AvgIpc) is 2.88. The molecular formula is C15H16ClN5O. The third-order valence-corrected chi connectivity index (χ3v) is 3.34. The molecule has 0 unspecified atom stereocenters. The van der Waals surface area contributed by atoms with E-state index in [1.165, 1.54) is 0 Å². The number of nitrogens with zero attached hydrogens (tertiary/aromatic N) is 4. The van der Waals surface area contributed by atoms with Crippen LogP contribution in [0, 0.1) is 13.8 Å². The van der Waals surface area contributed by atoms with E-state index in [-0.39, 0.29) is 0 Å². The molecule has 0 saturated carbocycles. The maximum absolute atomic E-state index is 5.82. The van der Waals surface area contributed by atoms with Crippen LogP contribution in [0.2, 0.25) is 5.02 Å². The zero-order valence-electron chi connectivity index (χ0n) is 12.4. The van der Waals surface area contributed by atoms with E-state index in [9.17, 15) is 0 Å². The molecule has 0 radical (unpaired) electrons. The zero-order valence-corrected chi connectivity index (χ0v) is 13.1. The summed E-state index contributed by atoms with van der Waals surface area (Å²) in [6.07, 6.45) is 0. The Bertz CT molecular complexity index is 784. The molecule has 1 N–H and O–H groups in total. The van der Waals surface area contributed by atoms with Crippen molar-refractivity contribution < 1.29 is 4.74 Å². The highest BCUT2D eigenvalue weighted by atomic mass is 35.5. The third kappa shape index (κ3) is 3.28. The minimum absolute atomic E-state index is 0.503. The topological polar surface area (TPSA) is 64.3 Å². The fourth-order valence-electron chi connectivity index (χ4n) is 2.10. The molecule has 2 aromatic heterocycles. The lowest BCUT2D eigenvalue weighted by Crippen LogP contribution is -2.12. The number of hydrogen-bond donors (Lipinski definition) is 1. The fraction of sp³-hybridized carbons (Fsp3) is 0.267. The molecule has 1 aromatic carbocycles. The molecule has 0 amide bonds. The van der Waals surface area contributed by atoms with Crippen LogP contribution in [0.1, 0.15) is 11.4 Å².